The van der Waals surface area contributed by atoms with Gasteiger partial charge in [0.25, 0.3) is 0 Å². The quantitative estimate of drug-likeness (QED) is 0.621. The molecule has 2 aliphatic carbocycles. The van der Waals surface area contributed by atoms with E-state index < -0.39 is 0 Å². The topological polar surface area (TPSA) is 9.23 Å². The Hall–Kier alpha value is -1.00. The Balaban J connectivity index is 1.64. The van der Waals surface area contributed by atoms with E-state index in [4.69, 9.17) is 4.74 Å². The molecule has 0 saturated heterocycles. The van der Waals surface area contributed by atoms with E-state index in [9.17, 15) is 0 Å². The van der Waals surface area contributed by atoms with Gasteiger partial charge in [0, 0.05) is 7.11 Å². The minimum Gasteiger partial charge on any atom is -0.381 e. The fourth-order valence-electron chi connectivity index (χ4n) is 3.77. The van der Waals surface area contributed by atoms with Crippen molar-refractivity contribution in [2.45, 2.75) is 70.8 Å². The number of methoxy groups -OCH3 is 1. The van der Waals surface area contributed by atoms with Gasteiger partial charge in [0.1, 0.15) is 0 Å². The molecule has 0 aromatic heterocycles. The zero-order valence-corrected chi connectivity index (χ0v) is 14.4. The van der Waals surface area contributed by atoms with Gasteiger partial charge in [-0.1, -0.05) is 37.3 Å². The van der Waals surface area contributed by atoms with Gasteiger partial charge < -0.3 is 4.74 Å². The van der Waals surface area contributed by atoms with Crippen LogP contribution in [0.25, 0.3) is 0 Å². The molecule has 2 fully saturated rings. The Morgan fingerprint density at radius 2 is 1.32 bits per heavy atom. The number of hydrogen-bond donors (Lipinski definition) is 0. The van der Waals surface area contributed by atoms with Crippen LogP contribution in [0, 0.1) is 29.6 Å². The zero-order valence-electron chi connectivity index (χ0n) is 14.4. The Labute approximate surface area is 137 Å². The molecule has 2 aliphatic rings. The highest BCUT2D eigenvalue weighted by molar-refractivity contribution is 5.24. The summed E-state index contributed by atoms with van der Waals surface area (Å²) in [5.41, 5.74) is 0. The highest BCUT2D eigenvalue weighted by Crippen LogP contribution is 2.31. The smallest absolute Gasteiger partial charge is 0.0571 e. The maximum atomic E-state index is 5.41. The SMILES string of the molecule is CCC1CCC(/C=C/C#C/C=C/C2CCC(OC)CC2)CC1. The van der Waals surface area contributed by atoms with Gasteiger partial charge in [0.2, 0.25) is 0 Å². The second-order valence-electron chi connectivity index (χ2n) is 6.97. The maximum Gasteiger partial charge on any atom is 0.0571 e. The standard InChI is InChI=1S/C21H32O/c1-3-18-10-12-19(13-11-18)8-6-4-5-7-9-20-14-16-21(22-2)17-15-20/h6-9,18-21H,3,10-17H2,1-2H3/b8-6+,9-7+. The van der Waals surface area contributed by atoms with E-state index in [1.807, 2.05) is 7.11 Å². The molecular formula is C21H32O. The molecule has 0 unspecified atom stereocenters. The van der Waals surface area contributed by atoms with Gasteiger partial charge in [0.05, 0.1) is 6.10 Å². The molecule has 0 N–H and O–H groups in total. The van der Waals surface area contributed by atoms with E-state index in [1.165, 1.54) is 57.8 Å². The van der Waals surface area contributed by atoms with Gasteiger partial charge in [-0.15, -0.1) is 0 Å². The molecule has 0 bridgehead atoms. The van der Waals surface area contributed by atoms with Crippen molar-refractivity contribution in [3.63, 3.8) is 0 Å². The lowest BCUT2D eigenvalue weighted by atomic mass is 9.81. The zero-order chi connectivity index (χ0) is 15.6. The lowest BCUT2D eigenvalue weighted by Crippen LogP contribution is -2.19. The molecule has 1 heteroatoms. The number of rotatable bonds is 4. The average molecular weight is 300 g/mol. The van der Waals surface area contributed by atoms with Crippen LogP contribution >= 0.6 is 0 Å². The van der Waals surface area contributed by atoms with Crippen LogP contribution in [0.2, 0.25) is 0 Å². The third kappa shape index (κ3) is 6.01. The first-order chi connectivity index (χ1) is 10.8. The minimum atomic E-state index is 0.487. The molecule has 0 heterocycles. The van der Waals surface area contributed by atoms with Crippen molar-refractivity contribution in [1.82, 2.24) is 0 Å². The summed E-state index contributed by atoms with van der Waals surface area (Å²) in [6.07, 6.45) is 21.0. The van der Waals surface area contributed by atoms with Gasteiger partial charge in [0.15, 0.2) is 0 Å². The van der Waals surface area contributed by atoms with Crippen LogP contribution in [0.15, 0.2) is 24.3 Å². The molecule has 0 atom stereocenters. The van der Waals surface area contributed by atoms with Crippen LogP contribution in [0.3, 0.4) is 0 Å². The van der Waals surface area contributed by atoms with E-state index in [1.54, 1.807) is 0 Å². The Bertz CT molecular complexity index is 369. The van der Waals surface area contributed by atoms with E-state index in [2.05, 4.69) is 43.1 Å². The molecular weight excluding hydrogens is 268 g/mol. The molecule has 0 amide bonds. The molecule has 0 spiro atoms. The molecule has 2 rings (SSSR count). The van der Waals surface area contributed by atoms with E-state index in [0.717, 1.165) is 11.8 Å². The van der Waals surface area contributed by atoms with Crippen LogP contribution < -0.4 is 0 Å². The normalized spacial score (nSPS) is 33.0. The highest BCUT2D eigenvalue weighted by atomic mass is 16.5. The van der Waals surface area contributed by atoms with Crippen molar-refractivity contribution in [3.8, 4) is 11.8 Å². The van der Waals surface area contributed by atoms with Crippen molar-refractivity contribution in [2.75, 3.05) is 7.11 Å². The first-order valence-electron chi connectivity index (χ1n) is 9.19. The Morgan fingerprint density at radius 3 is 1.77 bits per heavy atom. The maximum absolute atomic E-state index is 5.41. The molecule has 0 radical (unpaired) electrons. The summed E-state index contributed by atoms with van der Waals surface area (Å²) in [5.74, 6) is 8.79. The summed E-state index contributed by atoms with van der Waals surface area (Å²) in [5, 5.41) is 0. The van der Waals surface area contributed by atoms with Crippen molar-refractivity contribution in [3.05, 3.63) is 24.3 Å². The minimum absolute atomic E-state index is 0.487. The first kappa shape index (κ1) is 17.4. The molecule has 122 valence electrons. The summed E-state index contributed by atoms with van der Waals surface area (Å²) in [6, 6.07) is 0. The summed E-state index contributed by atoms with van der Waals surface area (Å²) in [7, 11) is 1.83. The lowest BCUT2D eigenvalue weighted by molar-refractivity contribution is 0.0627. The van der Waals surface area contributed by atoms with Crippen molar-refractivity contribution in [2.24, 2.45) is 17.8 Å². The monoisotopic (exact) mass is 300 g/mol. The van der Waals surface area contributed by atoms with Gasteiger partial charge in [-0.2, -0.15) is 0 Å². The number of allylic oxidation sites excluding steroid dienone is 4. The summed E-state index contributed by atoms with van der Waals surface area (Å²) >= 11 is 0. The third-order valence-corrected chi connectivity index (χ3v) is 5.51. The highest BCUT2D eigenvalue weighted by Gasteiger charge is 2.18. The predicted octanol–water partition coefficient (Wildman–Crippen LogP) is 5.52. The Morgan fingerprint density at radius 1 is 0.818 bits per heavy atom. The van der Waals surface area contributed by atoms with Gasteiger partial charge in [-0.25, -0.2) is 0 Å². The van der Waals surface area contributed by atoms with Crippen LogP contribution in [0.4, 0.5) is 0 Å². The second-order valence-corrected chi connectivity index (χ2v) is 6.97. The van der Waals surface area contributed by atoms with Crippen molar-refractivity contribution < 1.29 is 4.74 Å². The van der Waals surface area contributed by atoms with Crippen molar-refractivity contribution in [1.29, 1.82) is 0 Å². The van der Waals surface area contributed by atoms with Gasteiger partial charge >= 0.3 is 0 Å². The van der Waals surface area contributed by atoms with Crippen LogP contribution in [0.1, 0.15) is 64.7 Å². The second kappa shape index (κ2) is 9.90. The molecule has 1 nitrogen and oxygen atoms in total. The predicted molar refractivity (Wildman–Crippen MR) is 94.6 cm³/mol. The van der Waals surface area contributed by atoms with Gasteiger partial charge in [-0.3, -0.25) is 0 Å². The molecule has 0 aromatic carbocycles. The largest absolute Gasteiger partial charge is 0.381 e. The summed E-state index contributed by atoms with van der Waals surface area (Å²) in [4.78, 5) is 0. The van der Waals surface area contributed by atoms with Crippen LogP contribution in [-0.4, -0.2) is 13.2 Å². The lowest BCUT2D eigenvalue weighted by Gasteiger charge is -2.25. The molecule has 22 heavy (non-hydrogen) atoms. The van der Waals surface area contributed by atoms with E-state index >= 15 is 0 Å². The average Bonchev–Trinajstić information content (AvgIpc) is 2.59. The summed E-state index contributed by atoms with van der Waals surface area (Å²) < 4.78 is 5.41. The van der Waals surface area contributed by atoms with E-state index in [-0.39, 0.29) is 0 Å². The molecule has 0 aromatic rings. The van der Waals surface area contributed by atoms with Crippen LogP contribution in [0.5, 0.6) is 0 Å². The third-order valence-electron chi connectivity index (χ3n) is 5.51. The fourth-order valence-corrected chi connectivity index (χ4v) is 3.77. The number of hydrogen-bond acceptors (Lipinski definition) is 1. The van der Waals surface area contributed by atoms with E-state index in [0.29, 0.717) is 12.0 Å². The van der Waals surface area contributed by atoms with Gasteiger partial charge in [-0.05, 0) is 81.3 Å². The molecule has 0 aliphatic heterocycles. The van der Waals surface area contributed by atoms with Crippen LogP contribution in [-0.2, 0) is 4.74 Å². The number of ether oxygens (including phenoxy) is 1. The Kier molecular flexibility index (Phi) is 7.81. The fraction of sp³-hybridized carbons (Fsp3) is 0.714. The van der Waals surface area contributed by atoms with Crippen molar-refractivity contribution >= 4 is 0 Å². The summed E-state index contributed by atoms with van der Waals surface area (Å²) in [6.45, 7) is 2.32. The first-order valence-corrected chi connectivity index (χ1v) is 9.19. The molecule has 2 saturated carbocycles.